The van der Waals surface area contributed by atoms with Crippen molar-refractivity contribution >= 4 is 16.8 Å². The van der Waals surface area contributed by atoms with Gasteiger partial charge < -0.3 is 29.7 Å². The number of methoxy groups -OCH3 is 3. The number of ether oxygens (including phenoxy) is 3. The minimum Gasteiger partial charge on any atom is -0.497 e. The fourth-order valence-electron chi connectivity index (χ4n) is 4.02. The Hall–Kier alpha value is -4.32. The molecule has 4 rings (SSSR count). The van der Waals surface area contributed by atoms with Gasteiger partial charge in [0.05, 0.1) is 27.9 Å². The van der Waals surface area contributed by atoms with Gasteiger partial charge in [-0.25, -0.2) is 9.97 Å². The second-order valence-corrected chi connectivity index (χ2v) is 8.21. The van der Waals surface area contributed by atoms with Crippen LogP contribution in [-0.2, 0) is 19.3 Å². The number of alkyl halides is 3. The average Bonchev–Trinajstić information content (AvgIpc) is 3.34. The fourth-order valence-corrected chi connectivity index (χ4v) is 4.02. The molecule has 0 saturated heterocycles. The molecule has 0 unspecified atom stereocenters. The van der Waals surface area contributed by atoms with E-state index in [1.54, 1.807) is 19.2 Å². The molecule has 0 radical (unpaired) electrons. The molecule has 2 aromatic carbocycles. The third-order valence-corrected chi connectivity index (χ3v) is 5.95. The van der Waals surface area contributed by atoms with Crippen LogP contribution in [0.15, 0.2) is 40.8 Å². The van der Waals surface area contributed by atoms with E-state index in [0.29, 0.717) is 22.4 Å². The lowest BCUT2D eigenvalue weighted by Crippen LogP contribution is -2.25. The van der Waals surface area contributed by atoms with Gasteiger partial charge in [0, 0.05) is 29.1 Å². The van der Waals surface area contributed by atoms with E-state index in [1.165, 1.54) is 26.4 Å². The summed E-state index contributed by atoms with van der Waals surface area (Å²) in [4.78, 5) is 21.2. The fraction of sp³-hybridized carbons (Fsp3) is 0.269. The summed E-state index contributed by atoms with van der Waals surface area (Å²) in [6.45, 7) is 1.85. The zero-order chi connectivity index (χ0) is 27.6. The van der Waals surface area contributed by atoms with Crippen molar-refractivity contribution in [2.24, 2.45) is 5.73 Å². The van der Waals surface area contributed by atoms with Crippen LogP contribution < -0.4 is 25.3 Å². The van der Waals surface area contributed by atoms with Gasteiger partial charge >= 0.3 is 6.18 Å². The molecule has 0 saturated carbocycles. The number of oxazole rings is 1. The first-order valence-electron chi connectivity index (χ1n) is 11.4. The zero-order valence-electron chi connectivity index (χ0n) is 21.0. The number of aryl methyl sites for hydroxylation is 1. The first kappa shape index (κ1) is 26.7. The third kappa shape index (κ3) is 5.07. The number of carbonyl (C=O) groups excluding carboxylic acids is 1. The van der Waals surface area contributed by atoms with E-state index >= 15 is 0 Å². The Labute approximate surface area is 215 Å². The number of carbonyl (C=O) groups is 1. The number of aromatic nitrogens is 2. The number of nitrogens with one attached hydrogen (secondary N) is 1. The van der Waals surface area contributed by atoms with Gasteiger partial charge in [0.15, 0.2) is 11.5 Å². The summed E-state index contributed by atoms with van der Waals surface area (Å²) in [5.41, 5.74) is 6.58. The molecule has 3 N–H and O–H groups in total. The number of hydrogen-bond acceptors (Lipinski definition) is 8. The highest BCUT2D eigenvalue weighted by Crippen LogP contribution is 2.37. The van der Waals surface area contributed by atoms with Crippen LogP contribution in [0.3, 0.4) is 0 Å². The maximum absolute atomic E-state index is 13.3. The molecular weight excluding hydrogens is 505 g/mol. The minimum atomic E-state index is -4.64. The van der Waals surface area contributed by atoms with E-state index in [2.05, 4.69) is 15.3 Å². The van der Waals surface area contributed by atoms with Crippen LogP contribution in [0.1, 0.15) is 33.1 Å². The third-order valence-electron chi connectivity index (χ3n) is 5.95. The normalized spacial score (nSPS) is 11.5. The van der Waals surface area contributed by atoms with E-state index in [-0.39, 0.29) is 41.7 Å². The quantitative estimate of drug-likeness (QED) is 0.338. The number of rotatable bonds is 8. The van der Waals surface area contributed by atoms with Crippen molar-refractivity contribution < 1.29 is 36.6 Å². The predicted molar refractivity (Wildman–Crippen MR) is 132 cm³/mol. The van der Waals surface area contributed by atoms with Crippen molar-refractivity contribution in [1.29, 1.82) is 0 Å². The number of fused-ring (bicyclic) bond motifs is 1. The summed E-state index contributed by atoms with van der Waals surface area (Å²) in [5, 5.41) is 3.09. The molecule has 4 aromatic rings. The number of benzene rings is 2. The lowest BCUT2D eigenvalue weighted by atomic mass is 10.1. The van der Waals surface area contributed by atoms with Gasteiger partial charge in [-0.2, -0.15) is 13.2 Å². The standard InChI is InChI=1S/C26H25F3N4O5/c1-13-9-14(35-2)10-19(37-4)17(13)12-31-24(34)23-20(11-30)38-25(33-23)16-5-7-18(36-3)22-15(16)6-8-21(32-22)26(27,28)29/h5-10H,11-12,30H2,1-4H3,(H,31,34). The maximum atomic E-state index is 13.3. The van der Waals surface area contributed by atoms with E-state index in [0.717, 1.165) is 17.2 Å². The Morgan fingerprint density at radius 3 is 2.39 bits per heavy atom. The summed E-state index contributed by atoms with van der Waals surface area (Å²) < 4.78 is 61.5. The maximum Gasteiger partial charge on any atom is 0.433 e. The lowest BCUT2D eigenvalue weighted by Gasteiger charge is -2.14. The molecule has 2 aromatic heterocycles. The van der Waals surface area contributed by atoms with E-state index in [1.807, 2.05) is 13.0 Å². The molecule has 0 aliphatic heterocycles. The SMILES string of the molecule is COc1cc(C)c(CNC(=O)c2nc(-c3ccc(OC)c4nc(C(F)(F)F)ccc34)oc2CN)c(OC)c1. The van der Waals surface area contributed by atoms with Gasteiger partial charge in [0.25, 0.3) is 5.91 Å². The number of amides is 1. The van der Waals surface area contributed by atoms with Crippen molar-refractivity contribution in [3.63, 3.8) is 0 Å². The molecule has 9 nitrogen and oxygen atoms in total. The Balaban J connectivity index is 1.69. The molecule has 0 aliphatic rings. The van der Waals surface area contributed by atoms with Gasteiger partial charge in [-0.15, -0.1) is 0 Å². The van der Waals surface area contributed by atoms with Gasteiger partial charge in [-0.1, -0.05) is 0 Å². The minimum absolute atomic E-state index is 0.00280. The molecule has 0 bridgehead atoms. The van der Waals surface area contributed by atoms with Crippen LogP contribution in [0.5, 0.6) is 17.2 Å². The Morgan fingerprint density at radius 1 is 1.03 bits per heavy atom. The number of hydrogen-bond donors (Lipinski definition) is 2. The van der Waals surface area contributed by atoms with E-state index < -0.39 is 17.8 Å². The average molecular weight is 531 g/mol. The number of halogens is 3. The van der Waals surface area contributed by atoms with Gasteiger partial charge in [-0.3, -0.25) is 4.79 Å². The van der Waals surface area contributed by atoms with Gasteiger partial charge in [0.1, 0.15) is 28.5 Å². The van der Waals surface area contributed by atoms with Crippen LogP contribution >= 0.6 is 0 Å². The highest BCUT2D eigenvalue weighted by atomic mass is 19.4. The highest BCUT2D eigenvalue weighted by Gasteiger charge is 2.33. The molecule has 0 atom stereocenters. The van der Waals surface area contributed by atoms with Crippen LogP contribution in [0, 0.1) is 6.92 Å². The summed E-state index contributed by atoms with van der Waals surface area (Å²) in [5.74, 6) is 0.861. The smallest absolute Gasteiger partial charge is 0.433 e. The lowest BCUT2D eigenvalue weighted by molar-refractivity contribution is -0.140. The van der Waals surface area contributed by atoms with Crippen molar-refractivity contribution in [3.8, 4) is 28.7 Å². The highest BCUT2D eigenvalue weighted by molar-refractivity contribution is 5.98. The molecular formula is C26H25F3N4O5. The van der Waals surface area contributed by atoms with Crippen LogP contribution in [-0.4, -0.2) is 37.2 Å². The number of nitrogens with two attached hydrogens (primary N) is 1. The second kappa shape index (κ2) is 10.6. The van der Waals surface area contributed by atoms with Gasteiger partial charge in [-0.05, 0) is 42.8 Å². The van der Waals surface area contributed by atoms with Crippen LogP contribution in [0.25, 0.3) is 22.4 Å². The Bertz CT molecular complexity index is 1500. The zero-order valence-corrected chi connectivity index (χ0v) is 21.0. The summed E-state index contributed by atoms with van der Waals surface area (Å²) in [6, 6.07) is 8.66. The largest absolute Gasteiger partial charge is 0.497 e. The molecule has 38 heavy (non-hydrogen) atoms. The van der Waals surface area contributed by atoms with Crippen molar-refractivity contribution in [1.82, 2.24) is 15.3 Å². The van der Waals surface area contributed by atoms with Crippen LogP contribution in [0.4, 0.5) is 13.2 Å². The first-order chi connectivity index (χ1) is 18.1. The first-order valence-corrected chi connectivity index (χ1v) is 11.4. The van der Waals surface area contributed by atoms with Crippen LogP contribution in [0.2, 0.25) is 0 Å². The summed E-state index contributed by atoms with van der Waals surface area (Å²) in [6.07, 6.45) is -4.64. The van der Waals surface area contributed by atoms with Gasteiger partial charge in [0.2, 0.25) is 5.89 Å². The van der Waals surface area contributed by atoms with Crippen molar-refractivity contribution in [3.05, 3.63) is 64.7 Å². The molecule has 12 heteroatoms. The molecule has 0 spiro atoms. The van der Waals surface area contributed by atoms with E-state index in [9.17, 15) is 18.0 Å². The molecule has 200 valence electrons. The molecule has 2 heterocycles. The Kier molecular flexibility index (Phi) is 7.44. The summed E-state index contributed by atoms with van der Waals surface area (Å²) >= 11 is 0. The molecule has 1 amide bonds. The molecule has 0 fully saturated rings. The van der Waals surface area contributed by atoms with E-state index in [4.69, 9.17) is 24.4 Å². The Morgan fingerprint density at radius 2 is 1.76 bits per heavy atom. The predicted octanol–water partition coefficient (Wildman–Crippen LogP) is 4.63. The monoisotopic (exact) mass is 530 g/mol. The molecule has 0 aliphatic carbocycles. The number of pyridine rings is 1. The van der Waals surface area contributed by atoms with Crippen molar-refractivity contribution in [2.75, 3.05) is 21.3 Å². The second-order valence-electron chi connectivity index (χ2n) is 8.21. The number of nitrogens with zero attached hydrogens (tertiary/aromatic N) is 2. The topological polar surface area (TPSA) is 122 Å². The van der Waals surface area contributed by atoms with Crippen molar-refractivity contribution in [2.45, 2.75) is 26.2 Å². The summed E-state index contributed by atoms with van der Waals surface area (Å²) in [7, 11) is 4.39.